The van der Waals surface area contributed by atoms with Gasteiger partial charge in [0.25, 0.3) is 11.8 Å². The van der Waals surface area contributed by atoms with Gasteiger partial charge in [0.2, 0.25) is 0 Å². The summed E-state index contributed by atoms with van der Waals surface area (Å²) in [5, 5.41) is 3.19. The molecular formula is C20H18F5N3OS. The zero-order valence-corrected chi connectivity index (χ0v) is 16.9. The average Bonchev–Trinajstić information content (AvgIpc) is 2.66. The third-order valence-corrected chi connectivity index (χ3v) is 5.43. The molecule has 0 saturated heterocycles. The van der Waals surface area contributed by atoms with E-state index < -0.39 is 36.4 Å². The Morgan fingerprint density at radius 2 is 2.00 bits per heavy atom. The van der Waals surface area contributed by atoms with E-state index in [1.807, 2.05) is 0 Å². The van der Waals surface area contributed by atoms with Crippen LogP contribution in [0.5, 0.6) is 0 Å². The van der Waals surface area contributed by atoms with Crippen LogP contribution in [0.2, 0.25) is 0 Å². The van der Waals surface area contributed by atoms with Crippen LogP contribution in [0.4, 0.5) is 27.6 Å². The van der Waals surface area contributed by atoms with Crippen molar-refractivity contribution in [1.82, 2.24) is 9.97 Å². The monoisotopic (exact) mass is 443 g/mol. The van der Waals surface area contributed by atoms with E-state index in [2.05, 4.69) is 15.3 Å². The Labute approximate surface area is 174 Å². The summed E-state index contributed by atoms with van der Waals surface area (Å²) in [6, 6.07) is 3.09. The SMILES string of the molecule is CSc1cc(NC(=O)c2c(C3=CCC(F)(F)CC3)ncc(C(F)(F)F)c2C)ccn1. The normalized spacial score (nSPS) is 16.2. The molecule has 0 saturated carbocycles. The largest absolute Gasteiger partial charge is 0.418 e. The van der Waals surface area contributed by atoms with E-state index >= 15 is 0 Å². The molecule has 160 valence electrons. The summed E-state index contributed by atoms with van der Waals surface area (Å²) < 4.78 is 67.2. The molecule has 1 aliphatic carbocycles. The van der Waals surface area contributed by atoms with Gasteiger partial charge < -0.3 is 5.32 Å². The molecule has 0 fully saturated rings. The number of halogens is 5. The molecule has 10 heteroatoms. The van der Waals surface area contributed by atoms with Crippen molar-refractivity contribution in [2.45, 2.75) is 43.3 Å². The Morgan fingerprint density at radius 3 is 2.60 bits per heavy atom. The van der Waals surface area contributed by atoms with Gasteiger partial charge in [0.15, 0.2) is 0 Å². The number of anilines is 1. The Morgan fingerprint density at radius 1 is 1.27 bits per heavy atom. The number of rotatable bonds is 4. The first-order valence-electron chi connectivity index (χ1n) is 8.97. The van der Waals surface area contributed by atoms with Crippen molar-refractivity contribution in [3.05, 3.63) is 53.0 Å². The molecule has 0 bridgehead atoms. The van der Waals surface area contributed by atoms with Crippen molar-refractivity contribution in [1.29, 1.82) is 0 Å². The molecule has 2 heterocycles. The first-order valence-corrected chi connectivity index (χ1v) is 10.2. The van der Waals surface area contributed by atoms with Crippen molar-refractivity contribution in [3.63, 3.8) is 0 Å². The lowest BCUT2D eigenvalue weighted by Gasteiger charge is -2.23. The van der Waals surface area contributed by atoms with E-state index in [1.54, 1.807) is 12.3 Å². The number of hydrogen-bond acceptors (Lipinski definition) is 4. The Bertz CT molecular complexity index is 1000. The number of aromatic nitrogens is 2. The molecule has 1 aliphatic rings. The molecule has 4 nitrogen and oxygen atoms in total. The van der Waals surface area contributed by atoms with Crippen LogP contribution in [0.15, 0.2) is 35.6 Å². The number of nitrogens with zero attached hydrogens (tertiary/aromatic N) is 2. The minimum atomic E-state index is -4.71. The number of carbonyl (C=O) groups is 1. The second-order valence-electron chi connectivity index (χ2n) is 6.85. The molecule has 0 spiro atoms. The molecule has 0 aliphatic heterocycles. The van der Waals surface area contributed by atoms with Crippen molar-refractivity contribution in [3.8, 4) is 0 Å². The number of amides is 1. The third kappa shape index (κ3) is 4.80. The van der Waals surface area contributed by atoms with E-state index in [0.29, 0.717) is 22.5 Å². The van der Waals surface area contributed by atoms with Crippen LogP contribution >= 0.6 is 11.8 Å². The molecule has 3 rings (SSSR count). The minimum absolute atomic E-state index is 0.00681. The van der Waals surface area contributed by atoms with Crippen LogP contribution in [0.3, 0.4) is 0 Å². The number of thioether (sulfide) groups is 1. The number of nitrogens with one attached hydrogen (secondary N) is 1. The van der Waals surface area contributed by atoms with Gasteiger partial charge >= 0.3 is 6.18 Å². The Balaban J connectivity index is 2.07. The fourth-order valence-electron chi connectivity index (χ4n) is 3.21. The number of hydrogen-bond donors (Lipinski definition) is 1. The van der Waals surface area contributed by atoms with Crippen LogP contribution in [0, 0.1) is 6.92 Å². The number of allylic oxidation sites excluding steroid dienone is 2. The van der Waals surface area contributed by atoms with Gasteiger partial charge in [-0.2, -0.15) is 13.2 Å². The molecule has 1 amide bonds. The van der Waals surface area contributed by atoms with Crippen LogP contribution in [0.25, 0.3) is 5.57 Å². The molecule has 2 aromatic heterocycles. The van der Waals surface area contributed by atoms with Crippen LogP contribution in [0.1, 0.15) is 46.4 Å². The molecule has 2 aromatic rings. The smallest absolute Gasteiger partial charge is 0.322 e. The van der Waals surface area contributed by atoms with Gasteiger partial charge in [-0.25, -0.2) is 13.8 Å². The quantitative estimate of drug-likeness (QED) is 0.467. The number of alkyl halides is 5. The third-order valence-electron chi connectivity index (χ3n) is 4.78. The molecule has 0 unspecified atom stereocenters. The van der Waals surface area contributed by atoms with Crippen LogP contribution in [-0.4, -0.2) is 28.1 Å². The first kappa shape index (κ1) is 22.2. The highest BCUT2D eigenvalue weighted by Crippen LogP contribution is 2.39. The minimum Gasteiger partial charge on any atom is -0.322 e. The summed E-state index contributed by atoms with van der Waals surface area (Å²) in [5.74, 6) is -3.67. The Kier molecular flexibility index (Phi) is 6.16. The van der Waals surface area contributed by atoms with Crippen molar-refractivity contribution in [2.24, 2.45) is 0 Å². The van der Waals surface area contributed by atoms with Gasteiger partial charge in [-0.05, 0) is 42.9 Å². The summed E-state index contributed by atoms with van der Waals surface area (Å²) >= 11 is 1.34. The lowest BCUT2D eigenvalue weighted by Crippen LogP contribution is -2.23. The summed E-state index contributed by atoms with van der Waals surface area (Å²) in [7, 11) is 0. The van der Waals surface area contributed by atoms with Crippen LogP contribution in [-0.2, 0) is 6.18 Å². The summed E-state index contributed by atoms with van der Waals surface area (Å²) in [6.45, 7) is 1.18. The second-order valence-corrected chi connectivity index (χ2v) is 7.68. The zero-order valence-electron chi connectivity index (χ0n) is 16.1. The van der Waals surface area contributed by atoms with Gasteiger partial charge in [0, 0.05) is 30.9 Å². The predicted molar refractivity (Wildman–Crippen MR) is 105 cm³/mol. The van der Waals surface area contributed by atoms with Gasteiger partial charge in [-0.15, -0.1) is 11.8 Å². The average molecular weight is 443 g/mol. The molecule has 0 aromatic carbocycles. The van der Waals surface area contributed by atoms with Crippen LogP contribution < -0.4 is 5.32 Å². The topological polar surface area (TPSA) is 54.9 Å². The summed E-state index contributed by atoms with van der Waals surface area (Å²) in [4.78, 5) is 20.9. The first-order chi connectivity index (χ1) is 14.0. The maximum atomic E-state index is 13.5. The highest BCUT2D eigenvalue weighted by molar-refractivity contribution is 7.98. The van der Waals surface area contributed by atoms with E-state index in [0.717, 1.165) is 0 Å². The van der Waals surface area contributed by atoms with Gasteiger partial charge in [-0.1, -0.05) is 6.08 Å². The maximum Gasteiger partial charge on any atom is 0.418 e. The lowest BCUT2D eigenvalue weighted by molar-refractivity contribution is -0.138. The van der Waals surface area contributed by atoms with Crippen molar-refractivity contribution in [2.75, 3.05) is 11.6 Å². The standard InChI is InChI=1S/C20H18F5N3OS/c1-11-14(20(23,24)25)10-27-17(12-3-6-19(21,22)7-4-12)16(11)18(29)28-13-5-8-26-15(9-13)30-2/h3,5,8-10H,4,6-7H2,1-2H3,(H,26,28,29). The maximum absolute atomic E-state index is 13.5. The second kappa shape index (κ2) is 8.33. The van der Waals surface area contributed by atoms with Gasteiger partial charge in [0.05, 0.1) is 21.8 Å². The van der Waals surface area contributed by atoms with E-state index in [-0.39, 0.29) is 23.2 Å². The predicted octanol–water partition coefficient (Wildman–Crippen LogP) is 5.98. The summed E-state index contributed by atoms with van der Waals surface area (Å²) in [6.07, 6.45) is -0.654. The highest BCUT2D eigenvalue weighted by Gasteiger charge is 2.37. The van der Waals surface area contributed by atoms with Gasteiger partial charge in [0.1, 0.15) is 0 Å². The van der Waals surface area contributed by atoms with Crippen molar-refractivity contribution < 1.29 is 26.7 Å². The fourth-order valence-corrected chi connectivity index (χ4v) is 3.62. The lowest BCUT2D eigenvalue weighted by atomic mass is 9.89. The number of pyridine rings is 2. The highest BCUT2D eigenvalue weighted by atomic mass is 32.2. The fraction of sp³-hybridized carbons (Fsp3) is 0.350. The molecule has 0 atom stereocenters. The molecule has 30 heavy (non-hydrogen) atoms. The van der Waals surface area contributed by atoms with E-state index in [9.17, 15) is 26.7 Å². The van der Waals surface area contributed by atoms with E-state index in [4.69, 9.17) is 0 Å². The van der Waals surface area contributed by atoms with Crippen molar-refractivity contribution >= 4 is 28.9 Å². The van der Waals surface area contributed by atoms with Gasteiger partial charge in [-0.3, -0.25) is 9.78 Å². The molecular weight excluding hydrogens is 425 g/mol. The summed E-state index contributed by atoms with van der Waals surface area (Å²) in [5.41, 5.74) is -0.940. The number of carbonyl (C=O) groups excluding carboxylic acids is 1. The zero-order chi connectivity index (χ0) is 22.1. The Hall–Kier alpha value is -2.49. The molecule has 1 N–H and O–H groups in total. The van der Waals surface area contributed by atoms with E-state index in [1.165, 1.54) is 37.0 Å². The molecule has 0 radical (unpaired) electrons.